The highest BCUT2D eigenvalue weighted by molar-refractivity contribution is 7.89. The van der Waals surface area contributed by atoms with E-state index in [1.54, 1.807) is 12.3 Å². The van der Waals surface area contributed by atoms with Crippen LogP contribution in [-0.2, 0) is 21.2 Å². The number of carbonyl (C=O) groups is 1. The number of aromatic nitrogens is 1. The fourth-order valence-electron chi connectivity index (χ4n) is 1.83. The number of hydrogen-bond acceptors (Lipinski definition) is 4. The lowest BCUT2D eigenvalue weighted by Gasteiger charge is -2.08. The molecule has 1 heterocycles. The molecule has 128 valence electrons. The molecule has 0 radical (unpaired) electrons. The summed E-state index contributed by atoms with van der Waals surface area (Å²) >= 11 is 11.5. The average molecular weight is 388 g/mol. The highest BCUT2D eigenvalue weighted by Gasteiger charge is 2.16. The van der Waals surface area contributed by atoms with Gasteiger partial charge in [-0.1, -0.05) is 29.3 Å². The van der Waals surface area contributed by atoms with Crippen LogP contribution < -0.4 is 10.0 Å². The van der Waals surface area contributed by atoms with Crippen molar-refractivity contribution in [1.29, 1.82) is 0 Å². The summed E-state index contributed by atoms with van der Waals surface area (Å²) in [4.78, 5) is 15.8. The van der Waals surface area contributed by atoms with Crippen molar-refractivity contribution < 1.29 is 13.2 Å². The molecule has 0 saturated carbocycles. The first-order valence-electron chi connectivity index (χ1n) is 7.00. The Hall–Kier alpha value is -1.67. The molecule has 0 fully saturated rings. The molecule has 9 heteroatoms. The van der Waals surface area contributed by atoms with Crippen LogP contribution in [0.5, 0.6) is 0 Å². The molecular weight excluding hydrogens is 373 g/mol. The van der Waals surface area contributed by atoms with Gasteiger partial charge in [0.15, 0.2) is 0 Å². The van der Waals surface area contributed by atoms with Gasteiger partial charge in [-0.3, -0.25) is 9.78 Å². The van der Waals surface area contributed by atoms with Crippen molar-refractivity contribution in [2.45, 2.75) is 11.3 Å². The number of pyridine rings is 1. The van der Waals surface area contributed by atoms with Crippen LogP contribution in [0.3, 0.4) is 0 Å². The van der Waals surface area contributed by atoms with E-state index < -0.39 is 15.9 Å². The fourth-order valence-corrected chi connectivity index (χ4v) is 3.20. The van der Waals surface area contributed by atoms with Crippen molar-refractivity contribution in [2.75, 3.05) is 13.1 Å². The van der Waals surface area contributed by atoms with Crippen LogP contribution in [-0.4, -0.2) is 32.4 Å². The summed E-state index contributed by atoms with van der Waals surface area (Å²) in [5, 5.41) is 3.00. The Balaban J connectivity index is 1.83. The number of rotatable bonds is 7. The average Bonchev–Trinajstić information content (AvgIpc) is 2.56. The zero-order valence-electron chi connectivity index (χ0n) is 12.5. The molecule has 0 unspecified atom stereocenters. The summed E-state index contributed by atoms with van der Waals surface area (Å²) in [6.07, 6.45) is 2.23. The monoisotopic (exact) mass is 387 g/mol. The Morgan fingerprint density at radius 3 is 2.58 bits per heavy atom. The van der Waals surface area contributed by atoms with E-state index in [1.807, 2.05) is 12.1 Å². The largest absolute Gasteiger partial charge is 0.355 e. The van der Waals surface area contributed by atoms with Crippen molar-refractivity contribution in [3.8, 4) is 0 Å². The predicted octanol–water partition coefficient (Wildman–Crippen LogP) is 2.03. The highest BCUT2D eigenvalue weighted by Crippen LogP contribution is 2.24. The van der Waals surface area contributed by atoms with Gasteiger partial charge < -0.3 is 5.32 Å². The summed E-state index contributed by atoms with van der Waals surface area (Å²) in [5.74, 6) is -0.436. The van der Waals surface area contributed by atoms with Crippen molar-refractivity contribution in [1.82, 2.24) is 15.0 Å². The van der Waals surface area contributed by atoms with E-state index in [1.165, 1.54) is 18.2 Å². The molecule has 1 amide bonds. The molecule has 1 aromatic heterocycles. The molecule has 2 N–H and O–H groups in total. The number of sulfonamides is 1. The summed E-state index contributed by atoms with van der Waals surface area (Å²) < 4.78 is 26.4. The van der Waals surface area contributed by atoms with E-state index in [0.29, 0.717) is 13.0 Å². The number of amides is 1. The summed E-state index contributed by atoms with van der Waals surface area (Å²) in [7, 11) is -3.84. The van der Waals surface area contributed by atoms with E-state index in [4.69, 9.17) is 23.2 Å². The molecule has 24 heavy (non-hydrogen) atoms. The molecule has 2 rings (SSSR count). The Labute approximate surface area is 150 Å². The highest BCUT2D eigenvalue weighted by atomic mass is 35.5. The Kier molecular flexibility index (Phi) is 6.56. The number of nitrogens with zero attached hydrogens (tertiary/aromatic N) is 1. The van der Waals surface area contributed by atoms with Crippen LogP contribution in [0.1, 0.15) is 5.69 Å². The van der Waals surface area contributed by atoms with Crippen molar-refractivity contribution in [3.05, 3.63) is 58.3 Å². The lowest BCUT2D eigenvalue weighted by Crippen LogP contribution is -2.37. The third kappa shape index (κ3) is 5.45. The molecule has 6 nitrogen and oxygen atoms in total. The van der Waals surface area contributed by atoms with E-state index in [2.05, 4.69) is 15.0 Å². The molecule has 0 aliphatic heterocycles. The summed E-state index contributed by atoms with van der Waals surface area (Å²) in [5.41, 5.74) is 0.842. The number of nitrogens with one attached hydrogen (secondary N) is 2. The molecule has 1 aromatic carbocycles. The molecule has 2 aromatic rings. The number of hydrogen-bond donors (Lipinski definition) is 2. The van der Waals surface area contributed by atoms with E-state index in [0.717, 1.165) is 5.69 Å². The lowest BCUT2D eigenvalue weighted by atomic mass is 10.3. The third-order valence-electron chi connectivity index (χ3n) is 3.05. The van der Waals surface area contributed by atoms with Gasteiger partial charge in [0.05, 0.1) is 21.5 Å². The molecule has 0 aliphatic rings. The summed E-state index contributed by atoms with van der Waals surface area (Å²) in [6, 6.07) is 9.43. The number of halogens is 2. The van der Waals surface area contributed by atoms with Gasteiger partial charge in [-0.05, 0) is 30.3 Å². The van der Waals surface area contributed by atoms with Gasteiger partial charge in [0, 0.05) is 24.9 Å². The maximum Gasteiger partial charge on any atom is 0.241 e. The first-order valence-corrected chi connectivity index (χ1v) is 9.24. The van der Waals surface area contributed by atoms with E-state index >= 15 is 0 Å². The van der Waals surface area contributed by atoms with Gasteiger partial charge in [0.1, 0.15) is 0 Å². The second-order valence-electron chi connectivity index (χ2n) is 4.82. The molecule has 0 spiro atoms. The maximum absolute atomic E-state index is 12.1. The Morgan fingerprint density at radius 1 is 1.12 bits per heavy atom. The van der Waals surface area contributed by atoms with Crippen molar-refractivity contribution >= 4 is 39.1 Å². The number of carbonyl (C=O) groups excluding carboxylic acids is 1. The van der Waals surface area contributed by atoms with Crippen LogP contribution in [0.15, 0.2) is 47.5 Å². The lowest BCUT2D eigenvalue weighted by molar-refractivity contribution is -0.119. The molecule has 0 aliphatic carbocycles. The van der Waals surface area contributed by atoms with Gasteiger partial charge in [-0.25, -0.2) is 13.1 Å². The second kappa shape index (κ2) is 8.43. The van der Waals surface area contributed by atoms with Crippen LogP contribution >= 0.6 is 23.2 Å². The quantitative estimate of drug-likeness (QED) is 0.760. The smallest absolute Gasteiger partial charge is 0.241 e. The minimum absolute atomic E-state index is 0.0572. The summed E-state index contributed by atoms with van der Waals surface area (Å²) in [6.45, 7) is -0.00482. The SMILES string of the molecule is O=C(CNS(=O)(=O)c1ccc(Cl)c(Cl)c1)NCCc1ccccn1. The molecular formula is C15H15Cl2N3O3S. The van der Waals surface area contributed by atoms with Crippen LogP contribution in [0.25, 0.3) is 0 Å². The standard InChI is InChI=1S/C15H15Cl2N3O3S/c16-13-5-4-12(9-14(13)17)24(22,23)20-10-15(21)19-8-6-11-3-1-2-7-18-11/h1-5,7,9,20H,6,8,10H2,(H,19,21). The zero-order chi connectivity index (χ0) is 17.6. The van der Waals surface area contributed by atoms with Gasteiger partial charge >= 0.3 is 0 Å². The van der Waals surface area contributed by atoms with Gasteiger partial charge in [-0.2, -0.15) is 0 Å². The minimum Gasteiger partial charge on any atom is -0.355 e. The third-order valence-corrected chi connectivity index (χ3v) is 5.19. The van der Waals surface area contributed by atoms with Crippen LogP contribution in [0.4, 0.5) is 0 Å². The number of benzene rings is 1. The normalized spacial score (nSPS) is 11.2. The van der Waals surface area contributed by atoms with Crippen molar-refractivity contribution in [3.63, 3.8) is 0 Å². The molecule has 0 atom stereocenters. The van der Waals surface area contributed by atoms with E-state index in [-0.39, 0.29) is 21.5 Å². The topological polar surface area (TPSA) is 88.2 Å². The van der Waals surface area contributed by atoms with Gasteiger partial charge in [0.2, 0.25) is 15.9 Å². The van der Waals surface area contributed by atoms with Gasteiger partial charge in [-0.15, -0.1) is 0 Å². The van der Waals surface area contributed by atoms with Gasteiger partial charge in [0.25, 0.3) is 0 Å². The zero-order valence-corrected chi connectivity index (χ0v) is 14.8. The fraction of sp³-hybridized carbons (Fsp3) is 0.200. The van der Waals surface area contributed by atoms with Crippen molar-refractivity contribution in [2.24, 2.45) is 0 Å². The Bertz CT molecular complexity index is 814. The van der Waals surface area contributed by atoms with E-state index in [9.17, 15) is 13.2 Å². The first-order chi connectivity index (χ1) is 11.4. The molecule has 0 bridgehead atoms. The molecule has 0 saturated heterocycles. The minimum atomic E-state index is -3.84. The van der Waals surface area contributed by atoms with Crippen LogP contribution in [0, 0.1) is 0 Å². The predicted molar refractivity (Wildman–Crippen MR) is 92.6 cm³/mol. The second-order valence-corrected chi connectivity index (χ2v) is 7.40. The Morgan fingerprint density at radius 2 is 1.92 bits per heavy atom. The first kappa shape index (κ1) is 18.7. The maximum atomic E-state index is 12.1. The van der Waals surface area contributed by atoms with Crippen LogP contribution in [0.2, 0.25) is 10.0 Å².